The zero-order valence-electron chi connectivity index (χ0n) is 13.0. The van der Waals surface area contributed by atoms with Crippen LogP contribution in [0.25, 0.3) is 0 Å². The first-order valence-electron chi connectivity index (χ1n) is 8.07. The van der Waals surface area contributed by atoms with Crippen LogP contribution >= 0.6 is 0 Å². The van der Waals surface area contributed by atoms with Gasteiger partial charge < -0.3 is 14.2 Å². The Morgan fingerprint density at radius 3 is 2.35 bits per heavy atom. The zero-order valence-corrected chi connectivity index (χ0v) is 13.0. The lowest BCUT2D eigenvalue weighted by atomic mass is 9.60. The molecule has 1 heterocycles. The molecule has 1 saturated heterocycles. The summed E-state index contributed by atoms with van der Waals surface area (Å²) in [6.07, 6.45) is 4.72. The van der Waals surface area contributed by atoms with Crippen LogP contribution in [-0.4, -0.2) is 38.0 Å². The second kappa shape index (κ2) is 6.90. The lowest BCUT2D eigenvalue weighted by Gasteiger charge is -2.54. The molecule has 4 nitrogen and oxygen atoms in total. The quantitative estimate of drug-likeness (QED) is 0.703. The number of carbonyl (C=O) groups is 1. The van der Waals surface area contributed by atoms with Crippen molar-refractivity contribution in [2.75, 3.05) is 19.8 Å². The van der Waals surface area contributed by atoms with E-state index >= 15 is 0 Å². The lowest BCUT2D eigenvalue weighted by molar-refractivity contribution is -0.219. The number of ether oxygens (including phenoxy) is 3. The molecule has 1 saturated carbocycles. The number of esters is 1. The van der Waals surface area contributed by atoms with Gasteiger partial charge in [0.25, 0.3) is 0 Å². The minimum Gasteiger partial charge on any atom is -0.461 e. The maximum absolute atomic E-state index is 12.3. The van der Waals surface area contributed by atoms with Gasteiger partial charge in [-0.05, 0) is 32.6 Å². The molecule has 0 radical (unpaired) electrons. The van der Waals surface area contributed by atoms with E-state index in [1.54, 1.807) is 0 Å². The van der Waals surface area contributed by atoms with Crippen LogP contribution in [0.15, 0.2) is 0 Å². The maximum atomic E-state index is 12.3. The van der Waals surface area contributed by atoms with Crippen LogP contribution in [0.3, 0.4) is 0 Å². The van der Waals surface area contributed by atoms with Gasteiger partial charge in [0.1, 0.15) is 6.10 Å². The Labute approximate surface area is 122 Å². The van der Waals surface area contributed by atoms with Crippen molar-refractivity contribution >= 4 is 5.97 Å². The third-order valence-electron chi connectivity index (χ3n) is 5.21. The average molecular weight is 284 g/mol. The summed E-state index contributed by atoms with van der Waals surface area (Å²) in [5.74, 6) is 0.000768. The summed E-state index contributed by atoms with van der Waals surface area (Å²) in [5, 5.41) is 0. The first-order chi connectivity index (χ1) is 9.67. The second-order valence-electron chi connectivity index (χ2n) is 5.93. The Hall–Kier alpha value is -0.610. The fourth-order valence-corrected chi connectivity index (χ4v) is 3.64. The van der Waals surface area contributed by atoms with E-state index in [1.165, 1.54) is 0 Å². The number of hydrogen-bond donors (Lipinski definition) is 0. The van der Waals surface area contributed by atoms with Gasteiger partial charge in [0.15, 0.2) is 0 Å². The summed E-state index contributed by atoms with van der Waals surface area (Å²) in [7, 11) is 0. The Balaban J connectivity index is 1.93. The van der Waals surface area contributed by atoms with Gasteiger partial charge in [0.2, 0.25) is 0 Å². The SMILES string of the molecule is CCO[C@@H]1C[C@@H](OC(=O)C2CCOCC2)C1(CC)CC. The van der Waals surface area contributed by atoms with E-state index in [0.717, 1.165) is 38.7 Å². The molecular formula is C16H28O4. The molecule has 2 aliphatic rings. The van der Waals surface area contributed by atoms with Gasteiger partial charge in [-0.3, -0.25) is 4.79 Å². The van der Waals surface area contributed by atoms with Crippen LogP contribution in [0.4, 0.5) is 0 Å². The normalized spacial score (nSPS) is 29.8. The number of carbonyl (C=O) groups excluding carboxylic acids is 1. The molecule has 1 aliphatic heterocycles. The van der Waals surface area contributed by atoms with Crippen molar-refractivity contribution in [2.45, 2.75) is 65.1 Å². The molecule has 2 atom stereocenters. The van der Waals surface area contributed by atoms with Crippen LogP contribution in [0, 0.1) is 11.3 Å². The van der Waals surface area contributed by atoms with E-state index < -0.39 is 0 Å². The highest BCUT2D eigenvalue weighted by Gasteiger charge is 2.55. The molecule has 0 bridgehead atoms. The highest BCUT2D eigenvalue weighted by atomic mass is 16.6. The average Bonchev–Trinajstić information content (AvgIpc) is 2.48. The fraction of sp³-hybridized carbons (Fsp3) is 0.938. The van der Waals surface area contributed by atoms with E-state index in [-0.39, 0.29) is 29.5 Å². The van der Waals surface area contributed by atoms with Crippen molar-refractivity contribution in [1.82, 2.24) is 0 Å². The van der Waals surface area contributed by atoms with E-state index in [4.69, 9.17) is 14.2 Å². The van der Waals surface area contributed by atoms with Crippen molar-refractivity contribution in [1.29, 1.82) is 0 Å². The minimum atomic E-state index is -0.0282. The molecule has 2 rings (SSSR count). The van der Waals surface area contributed by atoms with Crippen molar-refractivity contribution < 1.29 is 19.0 Å². The van der Waals surface area contributed by atoms with Crippen molar-refractivity contribution in [3.05, 3.63) is 0 Å². The minimum absolute atomic E-state index is 0.0246. The van der Waals surface area contributed by atoms with Crippen LogP contribution in [-0.2, 0) is 19.0 Å². The molecule has 20 heavy (non-hydrogen) atoms. The topological polar surface area (TPSA) is 44.8 Å². The summed E-state index contributed by atoms with van der Waals surface area (Å²) in [4.78, 5) is 12.3. The van der Waals surface area contributed by atoms with Gasteiger partial charge in [-0.25, -0.2) is 0 Å². The fourth-order valence-electron chi connectivity index (χ4n) is 3.64. The summed E-state index contributed by atoms with van der Waals surface area (Å²) in [6.45, 7) is 8.45. The molecule has 0 spiro atoms. The van der Waals surface area contributed by atoms with E-state index in [0.29, 0.717) is 13.2 Å². The predicted octanol–water partition coefficient (Wildman–Crippen LogP) is 2.94. The third kappa shape index (κ3) is 2.86. The van der Waals surface area contributed by atoms with Crippen molar-refractivity contribution in [3.8, 4) is 0 Å². The molecule has 0 aromatic heterocycles. The summed E-state index contributed by atoms with van der Waals surface area (Å²) >= 11 is 0. The predicted molar refractivity (Wildman–Crippen MR) is 76.5 cm³/mol. The van der Waals surface area contributed by atoms with Crippen LogP contribution < -0.4 is 0 Å². The van der Waals surface area contributed by atoms with Crippen molar-refractivity contribution in [2.24, 2.45) is 11.3 Å². The van der Waals surface area contributed by atoms with Crippen LogP contribution in [0.5, 0.6) is 0 Å². The molecule has 1 aliphatic carbocycles. The van der Waals surface area contributed by atoms with Gasteiger partial charge in [0, 0.05) is 31.7 Å². The molecule has 116 valence electrons. The molecule has 0 unspecified atom stereocenters. The Bertz CT molecular complexity index is 318. The van der Waals surface area contributed by atoms with E-state index in [9.17, 15) is 4.79 Å². The highest BCUT2D eigenvalue weighted by molar-refractivity contribution is 5.72. The largest absolute Gasteiger partial charge is 0.461 e. The smallest absolute Gasteiger partial charge is 0.309 e. The molecule has 0 amide bonds. The molecule has 2 fully saturated rings. The molecule has 0 aromatic rings. The van der Waals surface area contributed by atoms with Gasteiger partial charge in [-0.2, -0.15) is 0 Å². The van der Waals surface area contributed by atoms with Gasteiger partial charge in [-0.15, -0.1) is 0 Å². The summed E-state index contributed by atoms with van der Waals surface area (Å²) < 4.78 is 16.9. The zero-order chi connectivity index (χ0) is 14.6. The lowest BCUT2D eigenvalue weighted by Crippen LogP contribution is -2.59. The Morgan fingerprint density at radius 2 is 1.80 bits per heavy atom. The van der Waals surface area contributed by atoms with Gasteiger partial charge in [0.05, 0.1) is 12.0 Å². The first-order valence-corrected chi connectivity index (χ1v) is 8.07. The highest BCUT2D eigenvalue weighted by Crippen LogP contribution is 2.50. The Morgan fingerprint density at radius 1 is 1.15 bits per heavy atom. The van der Waals surface area contributed by atoms with E-state index in [2.05, 4.69) is 13.8 Å². The van der Waals surface area contributed by atoms with Gasteiger partial charge >= 0.3 is 5.97 Å². The van der Waals surface area contributed by atoms with Crippen molar-refractivity contribution in [3.63, 3.8) is 0 Å². The van der Waals surface area contributed by atoms with Crippen LogP contribution in [0.2, 0.25) is 0 Å². The van der Waals surface area contributed by atoms with E-state index in [1.807, 2.05) is 6.92 Å². The van der Waals surface area contributed by atoms with Gasteiger partial charge in [-0.1, -0.05) is 13.8 Å². The standard InChI is InChI=1S/C16H28O4/c1-4-16(5-2)13(19-6-3)11-14(16)20-15(17)12-7-9-18-10-8-12/h12-14H,4-11H2,1-3H3/t13-,14-/m1/s1. The number of rotatable bonds is 6. The number of hydrogen-bond acceptors (Lipinski definition) is 4. The summed E-state index contributed by atoms with van der Waals surface area (Å²) in [5.41, 5.74) is 0.0246. The maximum Gasteiger partial charge on any atom is 0.309 e. The molecule has 0 N–H and O–H groups in total. The van der Waals surface area contributed by atoms with Crippen LogP contribution in [0.1, 0.15) is 52.9 Å². The molecule has 4 heteroatoms. The first kappa shape index (κ1) is 15.8. The summed E-state index contributed by atoms with van der Waals surface area (Å²) in [6, 6.07) is 0. The Kier molecular flexibility index (Phi) is 5.44. The monoisotopic (exact) mass is 284 g/mol. The molecular weight excluding hydrogens is 256 g/mol. The third-order valence-corrected chi connectivity index (χ3v) is 5.21. The second-order valence-corrected chi connectivity index (χ2v) is 5.93. The molecule has 0 aromatic carbocycles.